The molecule has 2 N–H and O–H groups in total. The van der Waals surface area contributed by atoms with Crippen molar-refractivity contribution in [3.63, 3.8) is 0 Å². The van der Waals surface area contributed by atoms with Crippen LogP contribution in [0.3, 0.4) is 0 Å². The largest absolute Gasteiger partial charge is 0.507 e. The Labute approximate surface area is 90.5 Å². The minimum atomic E-state index is 0.0725. The van der Waals surface area contributed by atoms with Crippen LogP contribution in [0.5, 0.6) is 5.75 Å². The van der Waals surface area contributed by atoms with Gasteiger partial charge in [-0.1, -0.05) is 11.6 Å². The quantitative estimate of drug-likeness (QED) is 0.766. The molecule has 0 amide bonds. The van der Waals surface area contributed by atoms with E-state index in [1.165, 1.54) is 6.07 Å². The second-order valence-electron chi connectivity index (χ2n) is 2.99. The van der Waals surface area contributed by atoms with Gasteiger partial charge in [0.15, 0.2) is 6.29 Å². The lowest BCUT2D eigenvalue weighted by atomic mass is 10.1. The Morgan fingerprint density at radius 3 is 2.87 bits per heavy atom. The number of phenolic OH excluding ortho intramolecular Hbond substituents is 1. The van der Waals surface area contributed by atoms with E-state index in [0.29, 0.717) is 28.3 Å². The summed E-state index contributed by atoms with van der Waals surface area (Å²) in [6, 6.07) is 6.18. The van der Waals surface area contributed by atoms with Crippen molar-refractivity contribution in [1.29, 1.82) is 0 Å². The van der Waals surface area contributed by atoms with Crippen LogP contribution >= 0.6 is 11.6 Å². The first-order valence-corrected chi connectivity index (χ1v) is 4.58. The van der Waals surface area contributed by atoms with Gasteiger partial charge in [0.25, 0.3) is 0 Å². The van der Waals surface area contributed by atoms with Gasteiger partial charge in [-0.25, -0.2) is 0 Å². The van der Waals surface area contributed by atoms with Crippen LogP contribution in [-0.2, 0) is 0 Å². The van der Waals surface area contributed by atoms with Crippen LogP contribution in [0.15, 0.2) is 24.3 Å². The van der Waals surface area contributed by atoms with Crippen molar-refractivity contribution < 1.29 is 9.90 Å². The summed E-state index contributed by atoms with van der Waals surface area (Å²) in [6.45, 7) is 0. The highest BCUT2D eigenvalue weighted by Gasteiger charge is 2.08. The zero-order valence-electron chi connectivity index (χ0n) is 7.57. The maximum Gasteiger partial charge on any atom is 0.167 e. The van der Waals surface area contributed by atoms with Gasteiger partial charge < -0.3 is 5.11 Å². The lowest BCUT2D eigenvalue weighted by Crippen LogP contribution is -1.79. The van der Waals surface area contributed by atoms with Gasteiger partial charge in [0, 0.05) is 10.6 Å². The van der Waals surface area contributed by atoms with Crippen molar-refractivity contribution in [3.05, 3.63) is 35.0 Å². The average molecular weight is 223 g/mol. The number of nitrogens with zero attached hydrogens (tertiary/aromatic N) is 1. The molecule has 0 saturated carbocycles. The molecule has 15 heavy (non-hydrogen) atoms. The van der Waals surface area contributed by atoms with Crippen LogP contribution < -0.4 is 0 Å². The van der Waals surface area contributed by atoms with Crippen molar-refractivity contribution in [1.82, 2.24) is 10.2 Å². The Kier molecular flexibility index (Phi) is 2.43. The van der Waals surface area contributed by atoms with Crippen LogP contribution in [0.4, 0.5) is 0 Å². The molecular weight excluding hydrogens is 216 g/mol. The summed E-state index contributed by atoms with van der Waals surface area (Å²) in [6.07, 6.45) is 0.651. The summed E-state index contributed by atoms with van der Waals surface area (Å²) in [7, 11) is 0. The third-order valence-electron chi connectivity index (χ3n) is 1.96. The third kappa shape index (κ3) is 1.85. The highest BCUT2D eigenvalue weighted by molar-refractivity contribution is 6.30. The highest BCUT2D eigenvalue weighted by Crippen LogP contribution is 2.30. The highest BCUT2D eigenvalue weighted by atomic mass is 35.5. The minimum Gasteiger partial charge on any atom is -0.507 e. The van der Waals surface area contributed by atoms with Crippen LogP contribution in [0.2, 0.25) is 5.02 Å². The molecule has 0 aliphatic heterocycles. The first-order chi connectivity index (χ1) is 7.20. The van der Waals surface area contributed by atoms with E-state index in [2.05, 4.69) is 10.2 Å². The number of phenols is 1. The summed E-state index contributed by atoms with van der Waals surface area (Å²) < 4.78 is 0. The van der Waals surface area contributed by atoms with Crippen molar-refractivity contribution in [2.75, 3.05) is 0 Å². The Hall–Kier alpha value is -1.81. The smallest absolute Gasteiger partial charge is 0.167 e. The number of halogens is 1. The van der Waals surface area contributed by atoms with E-state index < -0.39 is 0 Å². The number of aldehydes is 1. The molecule has 0 fully saturated rings. The fourth-order valence-electron chi connectivity index (χ4n) is 1.25. The normalized spacial score (nSPS) is 10.2. The van der Waals surface area contributed by atoms with Crippen molar-refractivity contribution in [2.24, 2.45) is 0 Å². The zero-order valence-corrected chi connectivity index (χ0v) is 8.32. The molecule has 0 bridgehead atoms. The predicted molar refractivity (Wildman–Crippen MR) is 56.1 cm³/mol. The number of carbonyl (C=O) groups is 1. The van der Waals surface area contributed by atoms with E-state index in [9.17, 15) is 9.90 Å². The van der Waals surface area contributed by atoms with E-state index in [1.54, 1.807) is 18.2 Å². The molecular formula is C10H7ClN2O2. The number of aromatic nitrogens is 2. The van der Waals surface area contributed by atoms with Gasteiger partial charge >= 0.3 is 0 Å². The topological polar surface area (TPSA) is 66.0 Å². The number of carbonyl (C=O) groups excluding carboxylic acids is 1. The average Bonchev–Trinajstić information content (AvgIpc) is 2.70. The Balaban J connectivity index is 2.52. The lowest BCUT2D eigenvalue weighted by molar-refractivity contribution is 0.111. The molecule has 0 atom stereocenters. The SMILES string of the molecule is O=Cc1cc(-c2cc(Cl)ccc2O)n[nH]1. The summed E-state index contributed by atoms with van der Waals surface area (Å²) >= 11 is 5.79. The van der Waals surface area contributed by atoms with Crippen LogP contribution in [-0.4, -0.2) is 21.6 Å². The van der Waals surface area contributed by atoms with Gasteiger partial charge in [0.2, 0.25) is 0 Å². The first-order valence-electron chi connectivity index (χ1n) is 4.20. The maximum atomic E-state index is 10.4. The van der Waals surface area contributed by atoms with Crippen molar-refractivity contribution in [3.8, 4) is 17.0 Å². The van der Waals surface area contributed by atoms with E-state index in [0.717, 1.165) is 0 Å². The molecule has 5 heteroatoms. The summed E-state index contributed by atoms with van der Waals surface area (Å²) in [4.78, 5) is 10.4. The molecule has 1 heterocycles. The molecule has 0 spiro atoms. The molecule has 0 saturated heterocycles. The maximum absolute atomic E-state index is 10.4. The number of aromatic amines is 1. The fraction of sp³-hybridized carbons (Fsp3) is 0. The molecule has 0 aliphatic carbocycles. The predicted octanol–water partition coefficient (Wildman–Crippen LogP) is 2.25. The first kappa shape index (κ1) is 9.73. The van der Waals surface area contributed by atoms with Gasteiger partial charge in [-0.2, -0.15) is 5.10 Å². The zero-order chi connectivity index (χ0) is 10.8. The van der Waals surface area contributed by atoms with Gasteiger partial charge in [-0.3, -0.25) is 9.89 Å². The number of H-pyrrole nitrogens is 1. The lowest BCUT2D eigenvalue weighted by Gasteiger charge is -2.00. The standard InChI is InChI=1S/C10H7ClN2O2/c11-6-1-2-10(15)8(3-6)9-4-7(5-14)12-13-9/h1-5,15H,(H,12,13). The molecule has 2 rings (SSSR count). The molecule has 2 aromatic rings. The van der Waals surface area contributed by atoms with Crippen LogP contribution in [0, 0.1) is 0 Å². The van der Waals surface area contributed by atoms with Gasteiger partial charge in [-0.15, -0.1) is 0 Å². The Morgan fingerprint density at radius 2 is 2.20 bits per heavy atom. The van der Waals surface area contributed by atoms with E-state index in [1.807, 2.05) is 0 Å². The van der Waals surface area contributed by atoms with Gasteiger partial charge in [0.1, 0.15) is 5.75 Å². The summed E-state index contributed by atoms with van der Waals surface area (Å²) in [5.74, 6) is 0.0725. The number of hydrogen-bond donors (Lipinski definition) is 2. The monoisotopic (exact) mass is 222 g/mol. The number of nitrogens with one attached hydrogen (secondary N) is 1. The number of benzene rings is 1. The summed E-state index contributed by atoms with van der Waals surface area (Å²) in [5, 5.41) is 16.5. The Morgan fingerprint density at radius 1 is 1.40 bits per heavy atom. The number of rotatable bonds is 2. The second-order valence-corrected chi connectivity index (χ2v) is 3.42. The molecule has 1 aromatic heterocycles. The van der Waals surface area contributed by atoms with Crippen LogP contribution in [0.25, 0.3) is 11.3 Å². The van der Waals surface area contributed by atoms with Crippen LogP contribution in [0.1, 0.15) is 10.5 Å². The molecule has 0 unspecified atom stereocenters. The molecule has 4 nitrogen and oxygen atoms in total. The minimum absolute atomic E-state index is 0.0725. The third-order valence-corrected chi connectivity index (χ3v) is 2.19. The van der Waals surface area contributed by atoms with E-state index >= 15 is 0 Å². The van der Waals surface area contributed by atoms with Crippen molar-refractivity contribution in [2.45, 2.75) is 0 Å². The molecule has 1 aromatic carbocycles. The van der Waals surface area contributed by atoms with Gasteiger partial charge in [-0.05, 0) is 24.3 Å². The molecule has 0 aliphatic rings. The van der Waals surface area contributed by atoms with Gasteiger partial charge in [0.05, 0.1) is 11.4 Å². The fourth-order valence-corrected chi connectivity index (χ4v) is 1.42. The van der Waals surface area contributed by atoms with E-state index in [-0.39, 0.29) is 5.75 Å². The van der Waals surface area contributed by atoms with Crippen molar-refractivity contribution >= 4 is 17.9 Å². The Bertz CT molecular complexity index is 508. The molecule has 0 radical (unpaired) electrons. The number of aromatic hydroxyl groups is 1. The molecule has 76 valence electrons. The second kappa shape index (κ2) is 3.74. The van der Waals surface area contributed by atoms with E-state index in [4.69, 9.17) is 11.6 Å². The number of hydrogen-bond acceptors (Lipinski definition) is 3. The summed E-state index contributed by atoms with van der Waals surface area (Å²) in [5.41, 5.74) is 1.33.